The molecule has 2 aliphatic heterocycles. The minimum Gasteiger partial charge on any atom is -0.477 e. The summed E-state index contributed by atoms with van der Waals surface area (Å²) in [7, 11) is 0. The van der Waals surface area contributed by atoms with Crippen LogP contribution in [0.2, 0.25) is 0 Å². The summed E-state index contributed by atoms with van der Waals surface area (Å²) in [5.41, 5.74) is 0.439. The molecular weight excluding hydrogens is 434 g/mol. The fourth-order valence-corrected chi connectivity index (χ4v) is 5.17. The van der Waals surface area contributed by atoms with Crippen molar-refractivity contribution in [2.75, 3.05) is 11.4 Å². The maximum absolute atomic E-state index is 12.8. The van der Waals surface area contributed by atoms with E-state index in [4.69, 9.17) is 4.74 Å². The van der Waals surface area contributed by atoms with Crippen LogP contribution in [0.5, 0.6) is 0 Å². The van der Waals surface area contributed by atoms with Crippen LogP contribution in [0.25, 0.3) is 0 Å². The topological polar surface area (TPSA) is 116 Å². The number of fused-ring (bicyclic) bond motifs is 1. The fraction of sp³-hybridized carbons (Fsp3) is 0.455. The van der Waals surface area contributed by atoms with Crippen LogP contribution in [-0.2, 0) is 19.1 Å². The van der Waals surface area contributed by atoms with Crippen molar-refractivity contribution in [2.24, 2.45) is 5.92 Å². The molecule has 1 saturated carbocycles. The van der Waals surface area contributed by atoms with Gasteiger partial charge in [0.1, 0.15) is 29.8 Å². The first-order valence-electron chi connectivity index (χ1n) is 10.5. The number of benzene rings is 1. The number of rotatable bonds is 7. The molecule has 4 atom stereocenters. The van der Waals surface area contributed by atoms with E-state index in [9.17, 15) is 24.3 Å². The predicted molar refractivity (Wildman–Crippen MR) is 118 cm³/mol. The second kappa shape index (κ2) is 8.85. The number of carboxylic acid groups (broad SMARTS) is 1. The smallest absolute Gasteiger partial charge is 0.415 e. The van der Waals surface area contributed by atoms with Gasteiger partial charge in [-0.05, 0) is 50.8 Å². The van der Waals surface area contributed by atoms with Gasteiger partial charge in [0.05, 0.1) is 0 Å². The first-order valence-corrected chi connectivity index (χ1v) is 11.5. The number of para-hydroxylation sites is 1. The third-order valence-electron chi connectivity index (χ3n) is 5.75. The monoisotopic (exact) mass is 459 g/mol. The molecule has 1 aromatic rings. The molecular formula is C22H25N3O6S. The molecule has 0 aromatic heterocycles. The second-order valence-corrected chi connectivity index (χ2v) is 9.69. The van der Waals surface area contributed by atoms with Crippen molar-refractivity contribution in [3.8, 4) is 0 Å². The van der Waals surface area contributed by atoms with Crippen LogP contribution in [0, 0.1) is 5.92 Å². The number of thioether (sulfide) groups is 1. The summed E-state index contributed by atoms with van der Waals surface area (Å²) in [4.78, 5) is 52.1. The minimum absolute atomic E-state index is 0.0692. The van der Waals surface area contributed by atoms with Crippen molar-refractivity contribution in [1.29, 1.82) is 0 Å². The molecule has 1 aliphatic carbocycles. The Morgan fingerprint density at radius 1 is 1.28 bits per heavy atom. The highest BCUT2D eigenvalue weighted by Crippen LogP contribution is 2.40. The fourth-order valence-electron chi connectivity index (χ4n) is 3.84. The van der Waals surface area contributed by atoms with Gasteiger partial charge in [-0.15, -0.1) is 11.8 Å². The molecule has 2 heterocycles. The number of carboxylic acids is 1. The summed E-state index contributed by atoms with van der Waals surface area (Å²) in [6.45, 7) is 3.36. The lowest BCUT2D eigenvalue weighted by atomic mass is 10.0. The highest BCUT2D eigenvalue weighted by atomic mass is 32.2. The van der Waals surface area contributed by atoms with Gasteiger partial charge in [0.15, 0.2) is 0 Å². The summed E-state index contributed by atoms with van der Waals surface area (Å²) < 4.78 is 5.55. The molecule has 3 unspecified atom stereocenters. The molecule has 170 valence electrons. The number of hydrogen-bond acceptors (Lipinski definition) is 6. The van der Waals surface area contributed by atoms with Gasteiger partial charge in [0.2, 0.25) is 5.91 Å². The van der Waals surface area contributed by atoms with Gasteiger partial charge < -0.3 is 15.2 Å². The Labute approximate surface area is 189 Å². The van der Waals surface area contributed by atoms with Crippen LogP contribution in [0.1, 0.15) is 26.7 Å². The first-order chi connectivity index (χ1) is 15.3. The summed E-state index contributed by atoms with van der Waals surface area (Å²) in [5, 5.41) is 11.4. The quantitative estimate of drug-likeness (QED) is 0.601. The van der Waals surface area contributed by atoms with Crippen molar-refractivity contribution < 1.29 is 29.0 Å². The zero-order chi connectivity index (χ0) is 23.0. The van der Waals surface area contributed by atoms with Gasteiger partial charge in [-0.1, -0.05) is 18.2 Å². The molecule has 0 bridgehead atoms. The minimum atomic E-state index is -1.18. The lowest BCUT2D eigenvalue weighted by Crippen LogP contribution is -2.71. The molecule has 9 nitrogen and oxygen atoms in total. The number of carbonyl (C=O) groups excluding carboxylic acids is 3. The highest BCUT2D eigenvalue weighted by Gasteiger charge is 2.53. The van der Waals surface area contributed by atoms with E-state index in [1.807, 2.05) is 13.8 Å². The molecule has 0 spiro atoms. The van der Waals surface area contributed by atoms with E-state index in [0.717, 1.165) is 12.8 Å². The van der Waals surface area contributed by atoms with Crippen LogP contribution in [0.4, 0.5) is 10.5 Å². The molecule has 0 radical (unpaired) electrons. The van der Waals surface area contributed by atoms with Crippen molar-refractivity contribution in [2.45, 2.75) is 49.5 Å². The zero-order valence-corrected chi connectivity index (χ0v) is 18.6. The molecule has 2 N–H and O–H groups in total. The van der Waals surface area contributed by atoms with Crippen LogP contribution in [0.3, 0.4) is 0 Å². The average molecular weight is 460 g/mol. The zero-order valence-electron chi connectivity index (χ0n) is 17.8. The molecule has 10 heteroatoms. The number of nitrogens with one attached hydrogen (secondary N) is 1. The van der Waals surface area contributed by atoms with Gasteiger partial charge in [0, 0.05) is 10.9 Å². The molecule has 3 aliphatic rings. The lowest BCUT2D eigenvalue weighted by Gasteiger charge is -2.49. The molecule has 1 aromatic carbocycles. The Balaban J connectivity index is 1.44. The number of β-lactam (4-membered cyclic amide) rings is 1. The average Bonchev–Trinajstić information content (AvgIpc) is 3.61. The molecule has 4 rings (SSSR count). The molecule has 1 saturated heterocycles. The Bertz CT molecular complexity index is 964. The number of hydrogen-bond donors (Lipinski definition) is 2. The first kappa shape index (κ1) is 22.2. The standard InChI is InChI=1S/C22H25N3O6S/c1-12-10-16(21(28)29)25-19(27)18(20(25)32-12)23-17(26)11-24(15-6-4-3-5-7-15)22(30)31-13(2)14-8-9-14/h3-7,10,12-14,18,20H,8-9,11H2,1-2H3,(H,23,26)(H,28,29)/t12?,13?,18?,20-/m0/s1. The normalized spacial score (nSPS) is 25.1. The SMILES string of the molecule is CC1C=C(C(=O)O)N2C(=O)C(NC(=O)CN(C(=O)OC(C)C3CC3)c3ccccc3)[C@@H]2S1. The highest BCUT2D eigenvalue weighted by molar-refractivity contribution is 8.00. The number of carbonyl (C=O) groups is 4. The number of anilines is 1. The molecule has 32 heavy (non-hydrogen) atoms. The van der Waals surface area contributed by atoms with Crippen molar-refractivity contribution in [3.05, 3.63) is 42.1 Å². The number of ether oxygens (including phenoxy) is 1. The Morgan fingerprint density at radius 3 is 2.59 bits per heavy atom. The summed E-state index contributed by atoms with van der Waals surface area (Å²) >= 11 is 1.40. The van der Waals surface area contributed by atoms with Crippen LogP contribution in [-0.4, -0.2) is 63.2 Å². The van der Waals surface area contributed by atoms with E-state index in [1.54, 1.807) is 30.3 Å². The Kier molecular flexibility index (Phi) is 6.14. The van der Waals surface area contributed by atoms with Gasteiger partial charge in [0.25, 0.3) is 5.91 Å². The summed E-state index contributed by atoms with van der Waals surface area (Å²) in [6.07, 6.45) is 2.70. The summed E-state index contributed by atoms with van der Waals surface area (Å²) in [6, 6.07) is 7.87. The lowest BCUT2D eigenvalue weighted by molar-refractivity contribution is -0.150. The van der Waals surface area contributed by atoms with Gasteiger partial charge >= 0.3 is 12.1 Å². The van der Waals surface area contributed by atoms with Gasteiger partial charge in [-0.2, -0.15) is 0 Å². The van der Waals surface area contributed by atoms with E-state index in [2.05, 4.69) is 5.32 Å². The summed E-state index contributed by atoms with van der Waals surface area (Å²) in [5.74, 6) is -1.83. The number of nitrogens with zero attached hydrogens (tertiary/aromatic N) is 2. The third-order valence-corrected chi connectivity index (χ3v) is 7.07. The van der Waals surface area contributed by atoms with E-state index in [1.165, 1.54) is 27.6 Å². The maximum atomic E-state index is 12.8. The van der Waals surface area contributed by atoms with Crippen molar-refractivity contribution >= 4 is 41.3 Å². The number of amides is 3. The maximum Gasteiger partial charge on any atom is 0.415 e. The van der Waals surface area contributed by atoms with Gasteiger partial charge in [-0.3, -0.25) is 19.4 Å². The third kappa shape index (κ3) is 4.45. The van der Waals surface area contributed by atoms with E-state index in [-0.39, 0.29) is 23.6 Å². The van der Waals surface area contributed by atoms with Crippen LogP contribution >= 0.6 is 11.8 Å². The second-order valence-electron chi connectivity index (χ2n) is 8.19. The molecule has 3 amide bonds. The van der Waals surface area contributed by atoms with E-state index in [0.29, 0.717) is 11.6 Å². The molecule has 2 fully saturated rings. The Hall–Kier alpha value is -3.01. The largest absolute Gasteiger partial charge is 0.477 e. The van der Waals surface area contributed by atoms with Crippen molar-refractivity contribution in [3.63, 3.8) is 0 Å². The van der Waals surface area contributed by atoms with E-state index >= 15 is 0 Å². The Morgan fingerprint density at radius 2 is 1.97 bits per heavy atom. The number of aliphatic carboxylic acids is 1. The van der Waals surface area contributed by atoms with Crippen LogP contribution in [0.15, 0.2) is 42.1 Å². The van der Waals surface area contributed by atoms with Crippen LogP contribution < -0.4 is 10.2 Å². The van der Waals surface area contributed by atoms with E-state index < -0.39 is 35.3 Å². The van der Waals surface area contributed by atoms with Crippen molar-refractivity contribution in [1.82, 2.24) is 10.2 Å². The van der Waals surface area contributed by atoms with Gasteiger partial charge in [-0.25, -0.2) is 9.59 Å². The predicted octanol–water partition coefficient (Wildman–Crippen LogP) is 2.19.